The van der Waals surface area contributed by atoms with E-state index in [-0.39, 0.29) is 36.6 Å². The van der Waals surface area contributed by atoms with E-state index in [1.54, 1.807) is 24.3 Å². The Labute approximate surface area is 244 Å². The molecule has 2 fully saturated rings. The van der Waals surface area contributed by atoms with Crippen molar-refractivity contribution in [1.82, 2.24) is 9.80 Å². The van der Waals surface area contributed by atoms with E-state index in [1.807, 2.05) is 29.2 Å². The van der Waals surface area contributed by atoms with Crippen LogP contribution in [0.5, 0.6) is 23.0 Å². The fourth-order valence-electron chi connectivity index (χ4n) is 5.83. The molecule has 2 atom stereocenters. The average Bonchev–Trinajstić information content (AvgIpc) is 3.64. The van der Waals surface area contributed by atoms with E-state index in [0.717, 1.165) is 25.7 Å². The van der Waals surface area contributed by atoms with Crippen molar-refractivity contribution in [2.24, 2.45) is 9.98 Å². The van der Waals surface area contributed by atoms with Gasteiger partial charge >= 0.3 is 0 Å². The van der Waals surface area contributed by atoms with E-state index in [0.29, 0.717) is 64.8 Å². The molecule has 42 heavy (non-hydrogen) atoms. The molecule has 0 N–H and O–H groups in total. The summed E-state index contributed by atoms with van der Waals surface area (Å²) >= 11 is 0. The number of amides is 2. The van der Waals surface area contributed by atoms with Crippen LogP contribution < -0.4 is 18.9 Å². The molecule has 4 aliphatic rings. The molecule has 11 nitrogen and oxygen atoms in total. The Balaban J connectivity index is 1.19. The van der Waals surface area contributed by atoms with Gasteiger partial charge in [-0.2, -0.15) is 0 Å². The first-order valence-electron chi connectivity index (χ1n) is 14.3. The van der Waals surface area contributed by atoms with E-state index in [1.165, 1.54) is 14.2 Å². The largest absolute Gasteiger partial charge is 0.493 e. The van der Waals surface area contributed by atoms with Crippen molar-refractivity contribution >= 4 is 42.8 Å². The zero-order valence-corrected chi connectivity index (χ0v) is 25.0. The highest BCUT2D eigenvalue weighted by Gasteiger charge is 2.34. The van der Waals surface area contributed by atoms with Crippen LogP contribution in [0.25, 0.3) is 0 Å². The number of rotatable bonds is 9. The second-order valence-electron chi connectivity index (χ2n) is 10.9. The molecule has 6 rings (SSSR count). The van der Waals surface area contributed by atoms with Gasteiger partial charge in [-0.1, -0.05) is 6.92 Å². The zero-order chi connectivity index (χ0) is 29.4. The van der Waals surface area contributed by atoms with Crippen LogP contribution in [0, 0.1) is 0 Å². The van der Waals surface area contributed by atoms with Gasteiger partial charge in [0.05, 0.1) is 48.8 Å². The summed E-state index contributed by atoms with van der Waals surface area (Å²) in [5.74, 6) is 1.29. The molecule has 222 valence electrons. The van der Waals surface area contributed by atoms with Crippen LogP contribution in [0.4, 0.5) is 11.4 Å². The van der Waals surface area contributed by atoms with Gasteiger partial charge in [0.1, 0.15) is 12.7 Å². The Hall–Kier alpha value is -3.85. The van der Waals surface area contributed by atoms with Gasteiger partial charge in [-0.15, -0.1) is 0 Å². The van der Waals surface area contributed by atoms with Crippen molar-refractivity contribution in [1.29, 1.82) is 0 Å². The first kappa shape index (κ1) is 28.3. The molecule has 0 aromatic heterocycles. The van der Waals surface area contributed by atoms with Crippen LogP contribution in [0.15, 0.2) is 34.3 Å². The molecule has 0 unspecified atom stereocenters. The smallest absolute Gasteiger partial charge is 0.256 e. The maximum absolute atomic E-state index is 13.9. The summed E-state index contributed by atoms with van der Waals surface area (Å²) in [5.41, 5.74) is 1.91. The maximum Gasteiger partial charge on any atom is 0.256 e. The molecular weight excluding hydrogens is 559 g/mol. The van der Waals surface area contributed by atoms with Crippen molar-refractivity contribution in [2.45, 2.75) is 44.7 Å². The van der Waals surface area contributed by atoms with Crippen molar-refractivity contribution in [3.05, 3.63) is 35.4 Å². The number of hydrogen-bond acceptors (Lipinski definition) is 9. The SMILES string of the molecule is CCP(=O)(COc1cc2c(cc1OC)C(=O)N1CCC[C@H]1C=N2)COc1cc2c(cc1OC)C(=O)N1CCC[C@H]1C=N2. The molecule has 2 aromatic rings. The van der Waals surface area contributed by atoms with Gasteiger partial charge in [-0.05, 0) is 37.8 Å². The molecular formula is C30H35N4O7P. The van der Waals surface area contributed by atoms with Gasteiger partial charge < -0.3 is 33.3 Å². The fraction of sp³-hybridized carbons (Fsp3) is 0.467. The highest BCUT2D eigenvalue weighted by atomic mass is 31.2. The van der Waals surface area contributed by atoms with E-state index in [2.05, 4.69) is 9.98 Å². The van der Waals surface area contributed by atoms with Crippen LogP contribution in [0.1, 0.15) is 53.3 Å². The van der Waals surface area contributed by atoms with Crippen LogP contribution >= 0.6 is 7.14 Å². The Morgan fingerprint density at radius 1 is 0.762 bits per heavy atom. The van der Waals surface area contributed by atoms with E-state index >= 15 is 0 Å². The van der Waals surface area contributed by atoms with Gasteiger partial charge in [0, 0.05) is 43.8 Å². The lowest BCUT2D eigenvalue weighted by molar-refractivity contribution is 0.0766. The van der Waals surface area contributed by atoms with Gasteiger partial charge in [0.15, 0.2) is 30.1 Å². The highest BCUT2D eigenvalue weighted by molar-refractivity contribution is 7.63. The van der Waals surface area contributed by atoms with Crippen molar-refractivity contribution in [3.8, 4) is 23.0 Å². The minimum Gasteiger partial charge on any atom is -0.493 e. The monoisotopic (exact) mass is 594 g/mol. The van der Waals surface area contributed by atoms with Gasteiger partial charge in [-0.3, -0.25) is 19.6 Å². The summed E-state index contributed by atoms with van der Waals surface area (Å²) in [5, 5.41) is 0. The number of methoxy groups -OCH3 is 2. The summed E-state index contributed by atoms with van der Waals surface area (Å²) in [6, 6.07) is 6.60. The highest BCUT2D eigenvalue weighted by Crippen LogP contribution is 2.48. The number of carbonyl (C=O) groups excluding carboxylic acids is 2. The topological polar surface area (TPSA) is 119 Å². The molecule has 2 amide bonds. The zero-order valence-electron chi connectivity index (χ0n) is 24.1. The standard InChI is InChI=1S/C30H35N4O7P/c1-4-42(37,17-40-27-13-23-21(11-25(27)38-2)29(35)33-9-5-7-19(33)15-31-23)18-41-28-14-24-22(12-26(28)39-3)30(36)34-10-6-8-20(34)16-32-24/h11-16,19-20H,4-10,17-18H2,1-3H3/t19-,20-/m0/s1. The van der Waals surface area contributed by atoms with Gasteiger partial charge in [0.25, 0.3) is 11.8 Å². The number of ether oxygens (including phenoxy) is 4. The van der Waals surface area contributed by atoms with Gasteiger partial charge in [0.2, 0.25) is 0 Å². The number of benzene rings is 2. The normalized spacial score (nSPS) is 20.8. The molecule has 4 aliphatic heterocycles. The Kier molecular flexibility index (Phi) is 7.70. The maximum atomic E-state index is 13.9. The van der Waals surface area contributed by atoms with Crippen LogP contribution in [-0.4, -0.2) is 92.3 Å². The molecule has 0 aliphatic carbocycles. The molecule has 2 aromatic carbocycles. The molecule has 2 saturated heterocycles. The van der Waals surface area contributed by atoms with E-state index in [9.17, 15) is 14.2 Å². The number of fused-ring (bicyclic) bond motifs is 4. The Morgan fingerprint density at radius 3 is 1.62 bits per heavy atom. The van der Waals surface area contributed by atoms with Gasteiger partial charge in [-0.25, -0.2) is 0 Å². The fourth-order valence-corrected chi connectivity index (χ4v) is 7.02. The van der Waals surface area contributed by atoms with E-state index in [4.69, 9.17) is 18.9 Å². The summed E-state index contributed by atoms with van der Waals surface area (Å²) in [4.78, 5) is 39.1. The third-order valence-corrected chi connectivity index (χ3v) is 10.8. The summed E-state index contributed by atoms with van der Waals surface area (Å²) < 4.78 is 37.1. The van der Waals surface area contributed by atoms with Crippen LogP contribution in [-0.2, 0) is 4.57 Å². The predicted octanol–water partition coefficient (Wildman–Crippen LogP) is 5.10. The molecule has 0 bridgehead atoms. The third kappa shape index (κ3) is 5.15. The van der Waals surface area contributed by atoms with E-state index < -0.39 is 7.14 Å². The Bertz CT molecular complexity index is 1420. The summed E-state index contributed by atoms with van der Waals surface area (Å²) in [6.45, 7) is 3.22. The van der Waals surface area contributed by atoms with Crippen molar-refractivity contribution in [3.63, 3.8) is 0 Å². The molecule has 4 heterocycles. The number of nitrogens with zero attached hydrogens (tertiary/aromatic N) is 4. The molecule has 0 spiro atoms. The minimum absolute atomic E-state index is 0.0105. The van der Waals surface area contributed by atoms with Crippen LogP contribution in [0.2, 0.25) is 0 Å². The second-order valence-corrected chi connectivity index (χ2v) is 14.2. The summed E-state index contributed by atoms with van der Waals surface area (Å²) in [6.07, 6.45) is 7.42. The number of hydrogen-bond donors (Lipinski definition) is 0. The lowest BCUT2D eigenvalue weighted by Gasteiger charge is -2.22. The molecule has 12 heteroatoms. The lowest BCUT2D eigenvalue weighted by Crippen LogP contribution is -2.35. The second kappa shape index (κ2) is 11.4. The molecule has 0 radical (unpaired) electrons. The Morgan fingerprint density at radius 2 is 1.21 bits per heavy atom. The predicted molar refractivity (Wildman–Crippen MR) is 160 cm³/mol. The first-order chi connectivity index (χ1) is 20.3. The first-order valence-corrected chi connectivity index (χ1v) is 16.6. The average molecular weight is 595 g/mol. The lowest BCUT2D eigenvalue weighted by atomic mass is 10.1. The number of carbonyl (C=O) groups is 2. The molecule has 0 saturated carbocycles. The third-order valence-electron chi connectivity index (χ3n) is 8.40. The number of aliphatic imine (C=N–C) groups is 2. The van der Waals surface area contributed by atoms with Crippen molar-refractivity contribution in [2.75, 3.05) is 46.2 Å². The van der Waals surface area contributed by atoms with Crippen LogP contribution in [0.3, 0.4) is 0 Å². The quantitative estimate of drug-likeness (QED) is 0.371. The summed E-state index contributed by atoms with van der Waals surface area (Å²) in [7, 11) is 0.000651. The van der Waals surface area contributed by atoms with Crippen molar-refractivity contribution < 1.29 is 33.1 Å². The minimum atomic E-state index is -3.00.